The fourth-order valence-electron chi connectivity index (χ4n) is 6.41. The molecule has 1 heterocycles. The molecule has 7 amide bonds. The van der Waals surface area contributed by atoms with E-state index in [1.165, 1.54) is 36.1 Å². The summed E-state index contributed by atoms with van der Waals surface area (Å²) >= 11 is 0. The molecule has 1 saturated heterocycles. The van der Waals surface area contributed by atoms with Crippen LogP contribution in [0.3, 0.4) is 0 Å². The highest BCUT2D eigenvalue weighted by atomic mass is 31.2. The van der Waals surface area contributed by atoms with Gasteiger partial charge in [-0.25, -0.2) is 4.57 Å². The van der Waals surface area contributed by atoms with Crippen molar-refractivity contribution in [1.29, 1.82) is 0 Å². The number of amides is 7. The summed E-state index contributed by atoms with van der Waals surface area (Å²) in [6.07, 6.45) is -0.846. The number of likely N-dealkylation sites (tertiary alicyclic amines) is 1. The number of aliphatic hydroxyl groups is 1. The van der Waals surface area contributed by atoms with Gasteiger partial charge >= 0.3 is 7.82 Å². The summed E-state index contributed by atoms with van der Waals surface area (Å²) in [6, 6.07) is 8.45. The molecule has 0 bridgehead atoms. The molecule has 3 rings (SSSR count). The third kappa shape index (κ3) is 15.5. The second-order valence-corrected chi connectivity index (χ2v) is 15.8. The zero-order valence-electron chi connectivity index (χ0n) is 32.7. The van der Waals surface area contributed by atoms with Crippen LogP contribution in [0.2, 0.25) is 0 Å². The van der Waals surface area contributed by atoms with Crippen LogP contribution in [0.4, 0.5) is 0 Å². The minimum Gasteiger partial charge on any atom is -0.404 e. The third-order valence-corrected chi connectivity index (χ3v) is 9.73. The van der Waals surface area contributed by atoms with Crippen molar-refractivity contribution < 1.29 is 57.5 Å². The van der Waals surface area contributed by atoms with Crippen LogP contribution >= 0.6 is 7.82 Å². The molecular formula is C38H54N7O12P. The molecule has 1 fully saturated rings. The maximum absolute atomic E-state index is 14.2. The number of phosphoric ester groups is 1. The zero-order valence-corrected chi connectivity index (χ0v) is 33.6. The number of benzene rings is 2. The van der Waals surface area contributed by atoms with Gasteiger partial charge < -0.3 is 47.3 Å². The van der Waals surface area contributed by atoms with Gasteiger partial charge in [0.15, 0.2) is 0 Å². The van der Waals surface area contributed by atoms with E-state index in [4.69, 9.17) is 21.3 Å². The van der Waals surface area contributed by atoms with Crippen molar-refractivity contribution in [1.82, 2.24) is 26.2 Å². The van der Waals surface area contributed by atoms with Gasteiger partial charge in [-0.2, -0.15) is 0 Å². The quantitative estimate of drug-likeness (QED) is 0.0675. The number of carbonyl (C=O) groups is 7. The minimum atomic E-state index is -4.83. The Kier molecular flexibility index (Phi) is 17.8. The fraction of sp³-hybridized carbons (Fsp3) is 0.500. The Morgan fingerprint density at radius 3 is 2.03 bits per heavy atom. The molecule has 11 N–H and O–H groups in total. The molecule has 20 heteroatoms. The monoisotopic (exact) mass is 831 g/mol. The van der Waals surface area contributed by atoms with Crippen LogP contribution in [0.5, 0.6) is 5.75 Å². The number of primary amides is 2. The van der Waals surface area contributed by atoms with Gasteiger partial charge in [0.2, 0.25) is 41.4 Å². The van der Waals surface area contributed by atoms with E-state index in [2.05, 4.69) is 25.8 Å². The van der Waals surface area contributed by atoms with Crippen molar-refractivity contribution in [3.05, 3.63) is 65.7 Å². The van der Waals surface area contributed by atoms with Crippen molar-refractivity contribution in [2.75, 3.05) is 6.54 Å². The van der Waals surface area contributed by atoms with Crippen molar-refractivity contribution in [3.63, 3.8) is 0 Å². The summed E-state index contributed by atoms with van der Waals surface area (Å²) in [5.74, 6) is -5.44. The number of nitrogens with zero attached hydrogens (tertiary/aromatic N) is 1. The van der Waals surface area contributed by atoms with Crippen molar-refractivity contribution in [2.24, 2.45) is 17.4 Å². The van der Waals surface area contributed by atoms with Crippen LogP contribution in [0, 0.1) is 5.92 Å². The number of rotatable bonds is 22. The lowest BCUT2D eigenvalue weighted by Gasteiger charge is -2.31. The molecule has 0 radical (unpaired) electrons. The van der Waals surface area contributed by atoms with E-state index in [0.29, 0.717) is 18.4 Å². The lowest BCUT2D eigenvalue weighted by atomic mass is 10.00. The second kappa shape index (κ2) is 22.0. The topological polar surface area (TPSA) is 310 Å². The normalized spacial score (nSPS) is 16.6. The molecular weight excluding hydrogens is 777 g/mol. The molecule has 0 unspecified atom stereocenters. The molecule has 6 atom stereocenters. The lowest BCUT2D eigenvalue weighted by Crippen LogP contribution is -2.59. The van der Waals surface area contributed by atoms with Crippen LogP contribution in [-0.4, -0.2) is 104 Å². The number of aliphatic hydroxyl groups excluding tert-OH is 1. The van der Waals surface area contributed by atoms with Gasteiger partial charge in [0.05, 0.1) is 6.10 Å². The Labute approximate surface area is 336 Å². The predicted octanol–water partition coefficient (Wildman–Crippen LogP) is -0.559. The number of aryl methyl sites for hydroxylation is 1. The van der Waals surface area contributed by atoms with Crippen LogP contribution in [-0.2, 0) is 51.0 Å². The fourth-order valence-corrected chi connectivity index (χ4v) is 6.81. The average Bonchev–Trinajstić information content (AvgIpc) is 3.64. The van der Waals surface area contributed by atoms with Gasteiger partial charge in [-0.3, -0.25) is 43.3 Å². The smallest absolute Gasteiger partial charge is 0.404 e. The predicted molar refractivity (Wildman–Crippen MR) is 209 cm³/mol. The number of phosphoric acid groups is 1. The number of nitrogens with two attached hydrogens (primary N) is 2. The molecule has 2 aromatic carbocycles. The molecule has 2 aromatic rings. The number of carbonyl (C=O) groups excluding carboxylic acids is 7. The second-order valence-electron chi connectivity index (χ2n) is 14.6. The van der Waals surface area contributed by atoms with E-state index < -0.39 is 85.5 Å². The number of hydrogen-bond donors (Lipinski definition) is 9. The van der Waals surface area contributed by atoms with Crippen molar-refractivity contribution in [2.45, 2.75) is 108 Å². The summed E-state index contributed by atoms with van der Waals surface area (Å²) in [6.45, 7) is 5.03. The van der Waals surface area contributed by atoms with Gasteiger partial charge in [-0.05, 0) is 68.2 Å². The molecule has 1 aliphatic heterocycles. The molecule has 0 saturated carbocycles. The first-order chi connectivity index (χ1) is 27.2. The van der Waals surface area contributed by atoms with Crippen LogP contribution < -0.4 is 37.3 Å². The Bertz CT molecular complexity index is 1810. The van der Waals surface area contributed by atoms with Gasteiger partial charge in [-0.15, -0.1) is 0 Å². The standard InChI is InChI=1S/C38H54N7O12P/c1-22(2)20-29(38(53)45-19-7-10-30(45)37(52)42-27(16-17-31(39)47)35(50)44-33(23(3)46)34(40)49)43-36(51)28(41-32(48)18-13-24-8-5-4-6-9-24)21-25-11-14-26(15-12-25)57-58(54,55)56/h4-6,8-9,11-12,14-15,22-23,27-30,33,46H,7,10,13,16-21H2,1-3H3,(H2,39,47)(H2,40,49)(H,41,48)(H,42,52)(H,43,51)(H,44,50)(H2,54,55,56)/t23-,27+,28+,29+,30+,33+/m1/s1. The van der Waals surface area contributed by atoms with Gasteiger partial charge in [0.1, 0.15) is 36.0 Å². The molecule has 19 nitrogen and oxygen atoms in total. The molecule has 58 heavy (non-hydrogen) atoms. The summed E-state index contributed by atoms with van der Waals surface area (Å²) in [5.41, 5.74) is 12.0. The Morgan fingerprint density at radius 2 is 1.47 bits per heavy atom. The van der Waals surface area contributed by atoms with E-state index in [0.717, 1.165) is 5.56 Å². The number of hydrogen-bond acceptors (Lipinski definition) is 10. The van der Waals surface area contributed by atoms with Crippen LogP contribution in [0.1, 0.15) is 70.4 Å². The Hall–Kier alpha value is -5.36. The molecule has 0 aliphatic carbocycles. The molecule has 0 spiro atoms. The molecule has 0 aromatic heterocycles. The van der Waals surface area contributed by atoms with E-state index in [1.807, 2.05) is 44.2 Å². The van der Waals surface area contributed by atoms with Gasteiger partial charge in [-0.1, -0.05) is 56.3 Å². The van der Waals surface area contributed by atoms with E-state index in [-0.39, 0.29) is 56.7 Å². The first-order valence-electron chi connectivity index (χ1n) is 18.9. The van der Waals surface area contributed by atoms with E-state index in [1.54, 1.807) is 0 Å². The van der Waals surface area contributed by atoms with Crippen LogP contribution in [0.15, 0.2) is 54.6 Å². The Balaban J connectivity index is 1.83. The van der Waals surface area contributed by atoms with Crippen molar-refractivity contribution >= 4 is 49.2 Å². The highest BCUT2D eigenvalue weighted by Crippen LogP contribution is 2.37. The van der Waals surface area contributed by atoms with Gasteiger partial charge in [0.25, 0.3) is 0 Å². The lowest BCUT2D eigenvalue weighted by molar-refractivity contribution is -0.143. The summed E-state index contributed by atoms with van der Waals surface area (Å²) in [7, 11) is -4.83. The molecule has 1 aliphatic rings. The summed E-state index contributed by atoms with van der Waals surface area (Å²) < 4.78 is 15.9. The Morgan fingerprint density at radius 1 is 0.828 bits per heavy atom. The zero-order chi connectivity index (χ0) is 43.2. The first-order valence-corrected chi connectivity index (χ1v) is 20.4. The first kappa shape index (κ1) is 47.0. The highest BCUT2D eigenvalue weighted by Gasteiger charge is 2.40. The SMILES string of the molecule is CC(C)C[C@H](NC(=O)[C@H](Cc1ccc(OP(=O)(O)O)cc1)NC(=O)CCc1ccccc1)C(=O)N1CCC[C@H]1C(=O)N[C@@H](CCC(N)=O)C(=O)N[C@H](C(N)=O)[C@@H](C)O. The largest absolute Gasteiger partial charge is 0.524 e. The van der Waals surface area contributed by atoms with Crippen molar-refractivity contribution in [3.8, 4) is 5.75 Å². The molecule has 318 valence electrons. The van der Waals surface area contributed by atoms with E-state index >= 15 is 0 Å². The minimum absolute atomic E-state index is 0.0441. The maximum Gasteiger partial charge on any atom is 0.524 e. The highest BCUT2D eigenvalue weighted by molar-refractivity contribution is 7.46. The maximum atomic E-state index is 14.2. The average molecular weight is 832 g/mol. The van der Waals surface area contributed by atoms with Gasteiger partial charge in [0, 0.05) is 25.8 Å². The third-order valence-electron chi connectivity index (χ3n) is 9.28. The number of nitrogens with one attached hydrogen (secondary N) is 4. The van der Waals surface area contributed by atoms with Crippen LogP contribution in [0.25, 0.3) is 0 Å². The van der Waals surface area contributed by atoms with E-state index in [9.17, 15) is 43.2 Å². The summed E-state index contributed by atoms with van der Waals surface area (Å²) in [4.78, 5) is 111. The summed E-state index contributed by atoms with van der Waals surface area (Å²) in [5, 5.41) is 20.3.